The van der Waals surface area contributed by atoms with E-state index in [1.807, 2.05) is 35.0 Å². The molecule has 0 bridgehead atoms. The maximum absolute atomic E-state index is 12.1. The zero-order valence-electron chi connectivity index (χ0n) is 11.6. The van der Waals surface area contributed by atoms with Crippen molar-refractivity contribution in [1.29, 1.82) is 0 Å². The number of hydrogen-bond acceptors (Lipinski definition) is 4. The highest BCUT2D eigenvalue weighted by Crippen LogP contribution is 2.31. The maximum atomic E-state index is 12.1. The van der Waals surface area contributed by atoms with Gasteiger partial charge in [-0.15, -0.1) is 0 Å². The molecule has 1 fully saturated rings. The number of amides is 1. The molecule has 5 heteroatoms. The van der Waals surface area contributed by atoms with Gasteiger partial charge in [0.1, 0.15) is 5.75 Å². The van der Waals surface area contributed by atoms with Crippen LogP contribution in [0.5, 0.6) is 5.75 Å². The number of carbonyl (C=O) groups is 1. The summed E-state index contributed by atoms with van der Waals surface area (Å²) in [5, 5.41) is 0. The number of para-hydroxylation sites is 1. The van der Waals surface area contributed by atoms with Crippen molar-refractivity contribution in [2.45, 2.75) is 12.8 Å². The lowest BCUT2D eigenvalue weighted by molar-refractivity contribution is -0.128. The number of ether oxygens (including phenoxy) is 1. The van der Waals surface area contributed by atoms with Crippen LogP contribution in [0.4, 0.5) is 11.4 Å². The fraction of sp³-hybridized carbons (Fsp3) is 0.500. The fourth-order valence-corrected chi connectivity index (χ4v) is 2.40. The van der Waals surface area contributed by atoms with E-state index in [-0.39, 0.29) is 5.91 Å². The Balaban J connectivity index is 2.07. The molecule has 1 amide bonds. The highest BCUT2D eigenvalue weighted by atomic mass is 16.5. The van der Waals surface area contributed by atoms with E-state index in [2.05, 4.69) is 0 Å². The summed E-state index contributed by atoms with van der Waals surface area (Å²) in [7, 11) is 3.46. The van der Waals surface area contributed by atoms with Crippen LogP contribution in [0.3, 0.4) is 0 Å². The Hall–Kier alpha value is -1.91. The molecule has 2 rings (SSSR count). The number of likely N-dealkylation sites (N-methyl/N-ethyl adjacent to an activating group) is 1. The molecule has 1 heterocycles. The normalized spacial score (nSPS) is 14.5. The molecule has 1 aliphatic rings. The summed E-state index contributed by atoms with van der Waals surface area (Å²) in [6, 6.07) is 5.59. The van der Waals surface area contributed by atoms with Crippen LogP contribution in [-0.2, 0) is 4.79 Å². The number of anilines is 2. The average Bonchev–Trinajstić information content (AvgIpc) is 2.92. The minimum absolute atomic E-state index is 0.155. The van der Waals surface area contributed by atoms with E-state index in [0.29, 0.717) is 18.0 Å². The summed E-state index contributed by atoms with van der Waals surface area (Å²) in [5.41, 5.74) is 7.43. The smallest absolute Gasteiger partial charge is 0.242 e. The van der Waals surface area contributed by atoms with Crippen molar-refractivity contribution in [3.05, 3.63) is 18.2 Å². The second-order valence-electron chi connectivity index (χ2n) is 4.84. The van der Waals surface area contributed by atoms with Gasteiger partial charge in [0.2, 0.25) is 5.91 Å². The Bertz CT molecular complexity index is 456. The van der Waals surface area contributed by atoms with Gasteiger partial charge < -0.3 is 20.3 Å². The number of likely N-dealkylation sites (tertiary alicyclic amines) is 1. The Morgan fingerprint density at radius 3 is 2.74 bits per heavy atom. The molecule has 19 heavy (non-hydrogen) atoms. The van der Waals surface area contributed by atoms with Crippen molar-refractivity contribution in [1.82, 2.24) is 4.90 Å². The van der Waals surface area contributed by atoms with Crippen molar-refractivity contribution in [3.63, 3.8) is 0 Å². The molecule has 0 aromatic heterocycles. The minimum atomic E-state index is 0.155. The molecule has 0 radical (unpaired) electrons. The zero-order chi connectivity index (χ0) is 13.8. The number of nitrogens with zero attached hydrogens (tertiary/aromatic N) is 2. The van der Waals surface area contributed by atoms with Crippen molar-refractivity contribution < 1.29 is 9.53 Å². The first kappa shape index (κ1) is 13.5. The SMILES string of the molecule is COc1cccc(N(C)CC(=O)N2CCCC2)c1N. The lowest BCUT2D eigenvalue weighted by Crippen LogP contribution is -2.37. The third-order valence-electron chi connectivity index (χ3n) is 3.51. The van der Waals surface area contributed by atoms with E-state index in [1.165, 1.54) is 0 Å². The number of hydrogen-bond donors (Lipinski definition) is 1. The van der Waals surface area contributed by atoms with E-state index in [9.17, 15) is 4.79 Å². The van der Waals surface area contributed by atoms with Crippen molar-refractivity contribution >= 4 is 17.3 Å². The summed E-state index contributed by atoms with van der Waals surface area (Å²) in [6.45, 7) is 2.10. The standard InChI is InChI=1S/C14H21N3O2/c1-16(10-13(18)17-8-3-4-9-17)11-6-5-7-12(19-2)14(11)15/h5-7H,3-4,8-10,15H2,1-2H3. The largest absolute Gasteiger partial charge is 0.495 e. The number of nitrogens with two attached hydrogens (primary N) is 1. The van der Waals surface area contributed by atoms with E-state index >= 15 is 0 Å². The summed E-state index contributed by atoms with van der Waals surface area (Å²) in [5.74, 6) is 0.792. The molecular formula is C14H21N3O2. The summed E-state index contributed by atoms with van der Waals surface area (Å²) in [4.78, 5) is 15.9. The van der Waals surface area contributed by atoms with Crippen LogP contribution in [0.15, 0.2) is 18.2 Å². The van der Waals surface area contributed by atoms with Crippen LogP contribution < -0.4 is 15.4 Å². The molecule has 0 atom stereocenters. The first-order valence-corrected chi connectivity index (χ1v) is 6.55. The topological polar surface area (TPSA) is 58.8 Å². The lowest BCUT2D eigenvalue weighted by atomic mass is 10.2. The molecule has 0 spiro atoms. The van der Waals surface area contributed by atoms with Crippen LogP contribution in [0.25, 0.3) is 0 Å². The first-order chi connectivity index (χ1) is 9.13. The monoisotopic (exact) mass is 263 g/mol. The van der Waals surface area contributed by atoms with Gasteiger partial charge in [-0.25, -0.2) is 0 Å². The second kappa shape index (κ2) is 5.82. The van der Waals surface area contributed by atoms with Gasteiger partial charge in [0, 0.05) is 20.1 Å². The number of rotatable bonds is 4. The Labute approximate surface area is 113 Å². The van der Waals surface area contributed by atoms with Gasteiger partial charge in [0.05, 0.1) is 25.0 Å². The predicted molar refractivity (Wildman–Crippen MR) is 76.5 cm³/mol. The van der Waals surface area contributed by atoms with Gasteiger partial charge in [0.25, 0.3) is 0 Å². The van der Waals surface area contributed by atoms with E-state index in [1.54, 1.807) is 7.11 Å². The predicted octanol–water partition coefficient (Wildman–Crippen LogP) is 1.34. The molecule has 0 aliphatic carbocycles. The Morgan fingerprint density at radius 1 is 1.42 bits per heavy atom. The number of benzene rings is 1. The van der Waals surface area contributed by atoms with Gasteiger partial charge in [-0.2, -0.15) is 0 Å². The summed E-state index contributed by atoms with van der Waals surface area (Å²) >= 11 is 0. The average molecular weight is 263 g/mol. The van der Waals surface area contributed by atoms with Gasteiger partial charge in [-0.05, 0) is 25.0 Å². The molecule has 1 aromatic carbocycles. The molecular weight excluding hydrogens is 242 g/mol. The molecule has 0 saturated carbocycles. The van der Waals surface area contributed by atoms with E-state index < -0.39 is 0 Å². The highest BCUT2D eigenvalue weighted by Gasteiger charge is 2.20. The first-order valence-electron chi connectivity index (χ1n) is 6.55. The molecule has 1 aliphatic heterocycles. The third-order valence-corrected chi connectivity index (χ3v) is 3.51. The summed E-state index contributed by atoms with van der Waals surface area (Å²) < 4.78 is 5.19. The van der Waals surface area contributed by atoms with E-state index in [4.69, 9.17) is 10.5 Å². The Kier molecular flexibility index (Phi) is 4.14. The molecule has 1 aromatic rings. The van der Waals surface area contributed by atoms with Gasteiger partial charge in [-0.1, -0.05) is 6.07 Å². The minimum Gasteiger partial charge on any atom is -0.495 e. The number of carbonyl (C=O) groups excluding carboxylic acids is 1. The molecule has 104 valence electrons. The van der Waals surface area contributed by atoms with Crippen LogP contribution in [-0.4, -0.2) is 44.6 Å². The lowest BCUT2D eigenvalue weighted by Gasteiger charge is -2.24. The third kappa shape index (κ3) is 2.92. The van der Waals surface area contributed by atoms with E-state index in [0.717, 1.165) is 31.6 Å². The molecule has 0 unspecified atom stereocenters. The van der Waals surface area contributed by atoms with Gasteiger partial charge >= 0.3 is 0 Å². The van der Waals surface area contributed by atoms with Crippen molar-refractivity contribution in [3.8, 4) is 5.75 Å². The van der Waals surface area contributed by atoms with Crippen LogP contribution in [0.1, 0.15) is 12.8 Å². The zero-order valence-corrected chi connectivity index (χ0v) is 11.6. The van der Waals surface area contributed by atoms with Crippen LogP contribution in [0, 0.1) is 0 Å². The van der Waals surface area contributed by atoms with Crippen LogP contribution in [0.2, 0.25) is 0 Å². The maximum Gasteiger partial charge on any atom is 0.242 e. The quantitative estimate of drug-likeness (QED) is 0.833. The van der Waals surface area contributed by atoms with Crippen LogP contribution >= 0.6 is 0 Å². The number of nitrogen functional groups attached to an aromatic ring is 1. The number of methoxy groups -OCH3 is 1. The van der Waals surface area contributed by atoms with Crippen molar-refractivity contribution in [2.24, 2.45) is 0 Å². The molecule has 5 nitrogen and oxygen atoms in total. The molecule has 2 N–H and O–H groups in total. The fourth-order valence-electron chi connectivity index (χ4n) is 2.40. The van der Waals surface area contributed by atoms with Gasteiger partial charge in [-0.3, -0.25) is 4.79 Å². The molecule has 1 saturated heterocycles. The van der Waals surface area contributed by atoms with Gasteiger partial charge in [0.15, 0.2) is 0 Å². The summed E-state index contributed by atoms with van der Waals surface area (Å²) in [6.07, 6.45) is 2.22. The van der Waals surface area contributed by atoms with Crippen molar-refractivity contribution in [2.75, 3.05) is 44.4 Å². The Morgan fingerprint density at radius 2 is 2.11 bits per heavy atom. The second-order valence-corrected chi connectivity index (χ2v) is 4.84. The highest BCUT2D eigenvalue weighted by molar-refractivity contribution is 5.84.